The number of urea groups is 1. The van der Waals surface area contributed by atoms with Gasteiger partial charge in [0.1, 0.15) is 0 Å². The van der Waals surface area contributed by atoms with E-state index in [1.54, 1.807) is 24.3 Å². The average Bonchev–Trinajstić information content (AvgIpc) is 2.37. The molecule has 2 rings (SSSR count). The summed E-state index contributed by atoms with van der Waals surface area (Å²) in [5.74, 6) is -0.0229. The van der Waals surface area contributed by atoms with Crippen molar-refractivity contribution in [1.29, 1.82) is 0 Å². The highest BCUT2D eigenvalue weighted by Gasteiger charge is 2.29. The van der Waals surface area contributed by atoms with E-state index in [2.05, 4.69) is 10.6 Å². The molecular weight excluding hydrogens is 268 g/mol. The van der Waals surface area contributed by atoms with E-state index in [-0.39, 0.29) is 23.5 Å². The molecule has 0 saturated carbocycles. The van der Waals surface area contributed by atoms with Crippen LogP contribution in [0.5, 0.6) is 0 Å². The largest absolute Gasteiger partial charge is 0.375 e. The number of carbonyl (C=O) groups is 2. The lowest BCUT2D eigenvalue weighted by molar-refractivity contribution is -0.0609. The molecule has 5 heteroatoms. The molecular formula is C16H22N2O3. The van der Waals surface area contributed by atoms with Crippen LogP contribution in [-0.4, -0.2) is 30.1 Å². The molecule has 1 aliphatic rings. The first-order valence-electron chi connectivity index (χ1n) is 7.18. The predicted molar refractivity (Wildman–Crippen MR) is 81.7 cm³/mol. The number of carbonyl (C=O) groups excluding carboxylic acids is 2. The molecule has 0 bridgehead atoms. The molecule has 1 aliphatic heterocycles. The van der Waals surface area contributed by atoms with E-state index in [4.69, 9.17) is 4.74 Å². The van der Waals surface area contributed by atoms with Crippen molar-refractivity contribution >= 4 is 17.5 Å². The summed E-state index contributed by atoms with van der Waals surface area (Å²) >= 11 is 0. The minimum absolute atomic E-state index is 0.0229. The van der Waals surface area contributed by atoms with E-state index in [1.165, 1.54) is 6.92 Å². The van der Waals surface area contributed by atoms with Crippen LogP contribution in [0.25, 0.3) is 0 Å². The number of benzene rings is 1. The summed E-state index contributed by atoms with van der Waals surface area (Å²) in [6, 6.07) is 6.77. The van der Waals surface area contributed by atoms with Gasteiger partial charge in [0, 0.05) is 23.9 Å². The zero-order chi connectivity index (χ0) is 15.5. The van der Waals surface area contributed by atoms with Crippen molar-refractivity contribution in [2.24, 2.45) is 0 Å². The van der Waals surface area contributed by atoms with Gasteiger partial charge in [0.2, 0.25) is 0 Å². The molecule has 0 aromatic heterocycles. The van der Waals surface area contributed by atoms with Crippen molar-refractivity contribution < 1.29 is 14.3 Å². The number of amides is 2. The van der Waals surface area contributed by atoms with Crippen LogP contribution < -0.4 is 10.6 Å². The molecule has 21 heavy (non-hydrogen) atoms. The topological polar surface area (TPSA) is 67.4 Å². The maximum atomic E-state index is 12.0. The highest BCUT2D eigenvalue weighted by Crippen LogP contribution is 2.24. The van der Waals surface area contributed by atoms with Gasteiger partial charge >= 0.3 is 6.03 Å². The SMILES string of the molecule is CC(=O)c1cccc(NC(=O)NC2CCOC(C)(C)C2)c1. The lowest BCUT2D eigenvalue weighted by Crippen LogP contribution is -2.47. The van der Waals surface area contributed by atoms with Gasteiger partial charge in [-0.3, -0.25) is 4.79 Å². The predicted octanol–water partition coefficient (Wildman–Crippen LogP) is 2.97. The monoisotopic (exact) mass is 290 g/mol. The summed E-state index contributed by atoms with van der Waals surface area (Å²) in [4.78, 5) is 23.4. The Kier molecular flexibility index (Phi) is 4.63. The van der Waals surface area contributed by atoms with E-state index in [1.807, 2.05) is 13.8 Å². The molecule has 0 aliphatic carbocycles. The Balaban J connectivity index is 1.92. The fourth-order valence-corrected chi connectivity index (χ4v) is 2.52. The lowest BCUT2D eigenvalue weighted by atomic mass is 9.94. The number of nitrogens with one attached hydrogen (secondary N) is 2. The highest BCUT2D eigenvalue weighted by molar-refractivity contribution is 5.96. The fourth-order valence-electron chi connectivity index (χ4n) is 2.52. The molecule has 0 spiro atoms. The Bertz CT molecular complexity index is 540. The Hall–Kier alpha value is -1.88. The van der Waals surface area contributed by atoms with Gasteiger partial charge in [-0.1, -0.05) is 12.1 Å². The van der Waals surface area contributed by atoms with Crippen LogP contribution in [0.4, 0.5) is 10.5 Å². The third kappa shape index (κ3) is 4.56. The van der Waals surface area contributed by atoms with Crippen molar-refractivity contribution in [1.82, 2.24) is 5.32 Å². The maximum absolute atomic E-state index is 12.0. The summed E-state index contributed by atoms with van der Waals surface area (Å²) in [5, 5.41) is 5.73. The van der Waals surface area contributed by atoms with E-state index in [9.17, 15) is 9.59 Å². The fraction of sp³-hybridized carbons (Fsp3) is 0.500. The lowest BCUT2D eigenvalue weighted by Gasteiger charge is -2.35. The summed E-state index contributed by atoms with van der Waals surface area (Å²) in [6.45, 7) is 6.20. The standard InChI is InChI=1S/C16H22N2O3/c1-11(19)12-5-4-6-13(9-12)17-15(20)18-14-7-8-21-16(2,3)10-14/h4-6,9,14H,7-8,10H2,1-3H3,(H2,17,18,20). The van der Waals surface area contributed by atoms with Crippen LogP contribution in [0.3, 0.4) is 0 Å². The molecule has 1 unspecified atom stereocenters. The van der Waals surface area contributed by atoms with Crippen molar-refractivity contribution in [2.45, 2.75) is 45.3 Å². The van der Waals surface area contributed by atoms with Crippen LogP contribution in [0.1, 0.15) is 44.0 Å². The number of anilines is 1. The third-order valence-corrected chi connectivity index (χ3v) is 3.56. The summed E-state index contributed by atoms with van der Waals surface area (Å²) in [7, 11) is 0. The Morgan fingerprint density at radius 3 is 2.76 bits per heavy atom. The van der Waals surface area contributed by atoms with Gasteiger partial charge in [0.25, 0.3) is 0 Å². The van der Waals surface area contributed by atoms with Crippen molar-refractivity contribution in [2.75, 3.05) is 11.9 Å². The summed E-state index contributed by atoms with van der Waals surface area (Å²) in [5.41, 5.74) is 0.997. The molecule has 1 heterocycles. The zero-order valence-corrected chi connectivity index (χ0v) is 12.7. The average molecular weight is 290 g/mol. The van der Waals surface area contributed by atoms with Crippen molar-refractivity contribution in [3.8, 4) is 0 Å². The third-order valence-electron chi connectivity index (χ3n) is 3.56. The molecule has 1 atom stereocenters. The van der Waals surface area contributed by atoms with E-state index in [0.717, 1.165) is 12.8 Å². The second kappa shape index (κ2) is 6.26. The number of rotatable bonds is 3. The normalized spacial score (nSPS) is 20.6. The number of ketones is 1. The first-order valence-corrected chi connectivity index (χ1v) is 7.18. The molecule has 2 amide bonds. The van der Waals surface area contributed by atoms with Gasteiger partial charge in [-0.2, -0.15) is 0 Å². The highest BCUT2D eigenvalue weighted by atomic mass is 16.5. The number of hydrogen-bond donors (Lipinski definition) is 2. The van der Waals surface area contributed by atoms with Crippen LogP contribution in [-0.2, 0) is 4.74 Å². The van der Waals surface area contributed by atoms with Crippen LogP contribution in [0.2, 0.25) is 0 Å². The van der Waals surface area contributed by atoms with Gasteiger partial charge < -0.3 is 15.4 Å². The zero-order valence-electron chi connectivity index (χ0n) is 12.7. The maximum Gasteiger partial charge on any atom is 0.319 e. The number of ether oxygens (including phenoxy) is 1. The Morgan fingerprint density at radius 2 is 2.10 bits per heavy atom. The van der Waals surface area contributed by atoms with Crippen molar-refractivity contribution in [3.63, 3.8) is 0 Å². The van der Waals surface area contributed by atoms with Crippen LogP contribution >= 0.6 is 0 Å². The molecule has 2 N–H and O–H groups in total. The van der Waals surface area contributed by atoms with E-state index < -0.39 is 0 Å². The second-order valence-corrected chi connectivity index (χ2v) is 6.03. The molecule has 0 radical (unpaired) electrons. The minimum atomic E-state index is -0.251. The summed E-state index contributed by atoms with van der Waals surface area (Å²) in [6.07, 6.45) is 1.60. The minimum Gasteiger partial charge on any atom is -0.375 e. The smallest absolute Gasteiger partial charge is 0.319 e. The molecule has 1 saturated heterocycles. The van der Waals surface area contributed by atoms with Gasteiger partial charge in [-0.25, -0.2) is 4.79 Å². The number of Topliss-reactive ketones (excluding diaryl/α,β-unsaturated/α-hetero) is 1. The number of hydrogen-bond acceptors (Lipinski definition) is 3. The molecule has 1 aromatic carbocycles. The first kappa shape index (κ1) is 15.5. The molecule has 114 valence electrons. The molecule has 5 nitrogen and oxygen atoms in total. The van der Waals surface area contributed by atoms with E-state index >= 15 is 0 Å². The van der Waals surface area contributed by atoms with Gasteiger partial charge in [-0.05, 0) is 45.7 Å². The Labute approximate surface area is 125 Å². The van der Waals surface area contributed by atoms with E-state index in [0.29, 0.717) is 17.9 Å². The first-order chi connectivity index (χ1) is 9.85. The Morgan fingerprint density at radius 1 is 1.33 bits per heavy atom. The quantitative estimate of drug-likeness (QED) is 0.841. The summed E-state index contributed by atoms with van der Waals surface area (Å²) < 4.78 is 5.63. The van der Waals surface area contributed by atoms with Crippen LogP contribution in [0.15, 0.2) is 24.3 Å². The second-order valence-electron chi connectivity index (χ2n) is 6.03. The van der Waals surface area contributed by atoms with Gasteiger partial charge in [-0.15, -0.1) is 0 Å². The van der Waals surface area contributed by atoms with Gasteiger partial charge in [0.05, 0.1) is 5.60 Å². The molecule has 1 fully saturated rings. The van der Waals surface area contributed by atoms with Gasteiger partial charge in [0.15, 0.2) is 5.78 Å². The molecule has 1 aromatic rings. The van der Waals surface area contributed by atoms with Crippen LogP contribution in [0, 0.1) is 0 Å². The van der Waals surface area contributed by atoms with Crippen molar-refractivity contribution in [3.05, 3.63) is 29.8 Å².